The molecule has 10 heteroatoms. The molecule has 1 saturated carbocycles. The van der Waals surface area contributed by atoms with Crippen LogP contribution in [0.5, 0.6) is 5.75 Å². The molecule has 0 spiro atoms. The average Bonchev–Trinajstić information content (AvgIpc) is 3.50. The van der Waals surface area contributed by atoms with E-state index in [0.29, 0.717) is 54.5 Å². The van der Waals surface area contributed by atoms with Crippen molar-refractivity contribution in [1.82, 2.24) is 19.5 Å². The van der Waals surface area contributed by atoms with Gasteiger partial charge in [-0.05, 0) is 24.5 Å². The van der Waals surface area contributed by atoms with Crippen LogP contribution in [-0.2, 0) is 4.74 Å². The van der Waals surface area contributed by atoms with E-state index in [1.807, 2.05) is 17.0 Å². The first-order chi connectivity index (χ1) is 17.6. The summed E-state index contributed by atoms with van der Waals surface area (Å²) in [6, 6.07) is 9.88. The highest BCUT2D eigenvalue weighted by Gasteiger charge is 2.55. The Balaban J connectivity index is 1.30. The van der Waals surface area contributed by atoms with Gasteiger partial charge in [0.1, 0.15) is 17.4 Å². The number of hydrogen-bond donors (Lipinski definition) is 0. The molecule has 3 atom stereocenters. The quantitative estimate of drug-likeness (QED) is 0.399. The van der Waals surface area contributed by atoms with Crippen LogP contribution in [0.3, 0.4) is 0 Å². The molecule has 2 aromatic heterocycles. The largest absolute Gasteiger partial charge is 0.434 e. The first-order valence-electron chi connectivity index (χ1n) is 12.0. The maximum Gasteiger partial charge on any atom is 0.387 e. The lowest BCUT2D eigenvalue weighted by Crippen LogP contribution is -2.37. The number of halogens is 3. The zero-order valence-electron chi connectivity index (χ0n) is 19.2. The number of hydrogen-bond acceptors (Lipinski definition) is 6. The summed E-state index contributed by atoms with van der Waals surface area (Å²) < 4.78 is 53.7. The normalized spacial score (nSPS) is 22.7. The monoisotopic (exact) mass is 493 g/mol. The van der Waals surface area contributed by atoms with Crippen LogP contribution in [0.4, 0.5) is 19.1 Å². The predicted molar refractivity (Wildman–Crippen MR) is 126 cm³/mol. The van der Waals surface area contributed by atoms with E-state index in [0.717, 1.165) is 17.8 Å². The van der Waals surface area contributed by atoms with Crippen LogP contribution >= 0.6 is 0 Å². The maximum absolute atomic E-state index is 15.2. The summed E-state index contributed by atoms with van der Waals surface area (Å²) in [5.74, 6) is 1.68. The molecule has 1 saturated heterocycles. The smallest absolute Gasteiger partial charge is 0.387 e. The molecule has 3 aliphatic rings. The number of nitrogens with zero attached hydrogens (tertiary/aromatic N) is 5. The minimum Gasteiger partial charge on any atom is -0.434 e. The van der Waals surface area contributed by atoms with Gasteiger partial charge in [0, 0.05) is 54.2 Å². The van der Waals surface area contributed by atoms with Crippen molar-refractivity contribution < 1.29 is 22.6 Å². The van der Waals surface area contributed by atoms with E-state index in [9.17, 15) is 8.78 Å². The van der Waals surface area contributed by atoms with E-state index < -0.39 is 12.4 Å². The van der Waals surface area contributed by atoms with E-state index >= 15 is 4.39 Å². The highest BCUT2D eigenvalue weighted by molar-refractivity contribution is 5.84. The number of rotatable bonds is 5. The molecule has 0 amide bonds. The highest BCUT2D eigenvalue weighted by Crippen LogP contribution is 2.63. The second kappa shape index (κ2) is 8.19. The molecule has 0 radical (unpaired) electrons. The molecule has 4 heterocycles. The lowest BCUT2D eigenvalue weighted by Gasteiger charge is -2.26. The Kier molecular flexibility index (Phi) is 4.92. The Hall–Kier alpha value is -3.66. The fraction of sp³-hybridized carbons (Fsp3) is 0.346. The highest BCUT2D eigenvalue weighted by atomic mass is 19.3. The fourth-order valence-electron chi connectivity index (χ4n) is 5.65. The summed E-state index contributed by atoms with van der Waals surface area (Å²) in [6.45, 7) is -0.249. The molecule has 2 aromatic carbocycles. The van der Waals surface area contributed by atoms with Crippen LogP contribution in [0.25, 0.3) is 22.2 Å². The molecule has 1 aliphatic carbocycles. The van der Waals surface area contributed by atoms with Gasteiger partial charge in [-0.3, -0.25) is 0 Å². The predicted octanol–water partition coefficient (Wildman–Crippen LogP) is 4.78. The third-order valence-electron chi connectivity index (χ3n) is 7.36. The zero-order valence-corrected chi connectivity index (χ0v) is 19.2. The molecule has 0 N–H and O–H groups in total. The molecule has 0 bridgehead atoms. The molecule has 0 unspecified atom stereocenters. The third kappa shape index (κ3) is 3.42. The summed E-state index contributed by atoms with van der Waals surface area (Å²) >= 11 is 0. The van der Waals surface area contributed by atoms with Gasteiger partial charge in [0.25, 0.3) is 0 Å². The second-order valence-corrected chi connectivity index (χ2v) is 9.40. The van der Waals surface area contributed by atoms with E-state index in [-0.39, 0.29) is 23.6 Å². The second-order valence-electron chi connectivity index (χ2n) is 9.40. The van der Waals surface area contributed by atoms with Gasteiger partial charge in [0.15, 0.2) is 0 Å². The molecule has 7 rings (SSSR count). The van der Waals surface area contributed by atoms with Crippen molar-refractivity contribution >= 4 is 17.0 Å². The van der Waals surface area contributed by atoms with Gasteiger partial charge in [0.05, 0.1) is 30.3 Å². The summed E-state index contributed by atoms with van der Waals surface area (Å²) in [5, 5.41) is 0. The number of anilines is 1. The number of imidazole rings is 1. The number of ether oxygens (including phenoxy) is 2. The van der Waals surface area contributed by atoms with E-state index in [1.54, 1.807) is 30.6 Å². The van der Waals surface area contributed by atoms with Crippen LogP contribution in [0.15, 0.2) is 48.8 Å². The van der Waals surface area contributed by atoms with Crippen molar-refractivity contribution in [2.75, 3.05) is 31.2 Å². The van der Waals surface area contributed by atoms with Crippen molar-refractivity contribution in [2.24, 2.45) is 5.92 Å². The van der Waals surface area contributed by atoms with E-state index in [2.05, 4.69) is 14.5 Å². The van der Waals surface area contributed by atoms with Gasteiger partial charge >= 0.3 is 6.61 Å². The maximum atomic E-state index is 15.2. The number of morpholine rings is 1. The minimum atomic E-state index is -2.91. The third-order valence-corrected chi connectivity index (χ3v) is 7.36. The van der Waals surface area contributed by atoms with Crippen molar-refractivity contribution in [3.63, 3.8) is 0 Å². The summed E-state index contributed by atoms with van der Waals surface area (Å²) in [5.41, 5.74) is 2.91. The minimum absolute atomic E-state index is 0.160. The van der Waals surface area contributed by atoms with Crippen LogP contribution in [0.2, 0.25) is 0 Å². The molecule has 2 aliphatic heterocycles. The lowest BCUT2D eigenvalue weighted by atomic mass is 10.0. The first kappa shape index (κ1) is 21.6. The Labute approximate surface area is 204 Å². The summed E-state index contributed by atoms with van der Waals surface area (Å²) in [6.07, 6.45) is 4.18. The Bertz CT molecular complexity index is 1450. The number of aromatic nitrogens is 4. The van der Waals surface area contributed by atoms with Crippen LogP contribution in [0.1, 0.15) is 29.8 Å². The summed E-state index contributed by atoms with van der Waals surface area (Å²) in [4.78, 5) is 15.7. The Morgan fingerprint density at radius 3 is 2.61 bits per heavy atom. The van der Waals surface area contributed by atoms with Crippen molar-refractivity contribution in [2.45, 2.75) is 25.0 Å². The first-order valence-corrected chi connectivity index (χ1v) is 12.0. The zero-order chi connectivity index (χ0) is 24.4. The lowest BCUT2D eigenvalue weighted by molar-refractivity contribution is -0.0507. The van der Waals surface area contributed by atoms with E-state index in [4.69, 9.17) is 14.5 Å². The number of benzene rings is 2. The van der Waals surface area contributed by atoms with Crippen LogP contribution < -0.4 is 9.64 Å². The van der Waals surface area contributed by atoms with Crippen molar-refractivity contribution in [3.8, 4) is 16.9 Å². The fourth-order valence-corrected chi connectivity index (χ4v) is 5.65. The topological polar surface area (TPSA) is 65.3 Å². The van der Waals surface area contributed by atoms with Crippen LogP contribution in [0, 0.1) is 11.7 Å². The molecule has 36 heavy (non-hydrogen) atoms. The molecule has 4 aromatic rings. The standard InChI is InChI=1S/C26H22F3N5O2/c27-19-11-20-21(10-16(19)14-12-30-26(31-13-14)33-5-7-35-8-6-33)34-23(17-9-18(17)24(34)32-20)15-3-1-2-4-22(15)36-25(28)29/h1-4,10-13,17-18,23,25H,5-9H2/t17-,18+,23-/m0/s1. The number of fused-ring (bicyclic) bond motifs is 5. The van der Waals surface area contributed by atoms with Crippen LogP contribution in [-0.4, -0.2) is 52.4 Å². The van der Waals surface area contributed by atoms with E-state index in [1.165, 1.54) is 6.07 Å². The number of para-hydroxylation sites is 1. The Morgan fingerprint density at radius 2 is 1.83 bits per heavy atom. The van der Waals surface area contributed by atoms with Gasteiger partial charge in [-0.1, -0.05) is 18.2 Å². The molecule has 7 nitrogen and oxygen atoms in total. The van der Waals surface area contributed by atoms with Gasteiger partial charge in [0.2, 0.25) is 5.95 Å². The van der Waals surface area contributed by atoms with Crippen molar-refractivity contribution in [3.05, 3.63) is 66.0 Å². The number of alkyl halides is 2. The van der Waals surface area contributed by atoms with Gasteiger partial charge in [-0.2, -0.15) is 8.78 Å². The van der Waals surface area contributed by atoms with Gasteiger partial charge in [-0.25, -0.2) is 19.3 Å². The molecular formula is C26H22F3N5O2. The van der Waals surface area contributed by atoms with Crippen molar-refractivity contribution in [1.29, 1.82) is 0 Å². The Morgan fingerprint density at radius 1 is 1.06 bits per heavy atom. The molecule has 2 fully saturated rings. The summed E-state index contributed by atoms with van der Waals surface area (Å²) in [7, 11) is 0. The SMILES string of the molecule is Fc1cc2nc3n(c2cc1-c1cnc(N2CCOCC2)nc1)[C@@H](c1ccccc1OC(F)F)[C@H]1C[C@@H]31. The van der Waals surface area contributed by atoms with Gasteiger partial charge < -0.3 is 18.9 Å². The molecule has 184 valence electrons. The molecular weight excluding hydrogens is 471 g/mol. The van der Waals surface area contributed by atoms with Gasteiger partial charge in [-0.15, -0.1) is 0 Å². The average molecular weight is 493 g/mol.